The van der Waals surface area contributed by atoms with Crippen LogP contribution in [0.25, 0.3) is 0 Å². The number of aliphatic hydroxyl groups is 1. The highest BCUT2D eigenvalue weighted by atomic mass is 32.2. The third-order valence-corrected chi connectivity index (χ3v) is 3.89. The SMILES string of the molecule is CC(C)(C(=O)O)C(O)C1CCSC1. The number of aliphatic hydroxyl groups excluding tert-OH is 1. The van der Waals surface area contributed by atoms with E-state index in [1.807, 2.05) is 0 Å². The van der Waals surface area contributed by atoms with Gasteiger partial charge in [-0.05, 0) is 37.7 Å². The van der Waals surface area contributed by atoms with Gasteiger partial charge in [-0.15, -0.1) is 0 Å². The maximum Gasteiger partial charge on any atom is 0.311 e. The molecule has 0 bridgehead atoms. The second kappa shape index (κ2) is 3.88. The molecule has 13 heavy (non-hydrogen) atoms. The lowest BCUT2D eigenvalue weighted by molar-refractivity contribution is -0.155. The van der Waals surface area contributed by atoms with Crippen LogP contribution in [0.15, 0.2) is 0 Å². The van der Waals surface area contributed by atoms with Gasteiger partial charge in [0.15, 0.2) is 0 Å². The van der Waals surface area contributed by atoms with Crippen LogP contribution >= 0.6 is 11.8 Å². The van der Waals surface area contributed by atoms with E-state index in [1.54, 1.807) is 25.6 Å². The third kappa shape index (κ3) is 2.17. The molecule has 1 aliphatic rings. The van der Waals surface area contributed by atoms with Gasteiger partial charge in [-0.1, -0.05) is 0 Å². The van der Waals surface area contributed by atoms with Gasteiger partial charge < -0.3 is 10.2 Å². The van der Waals surface area contributed by atoms with E-state index in [0.29, 0.717) is 0 Å². The number of rotatable bonds is 3. The fraction of sp³-hybridized carbons (Fsp3) is 0.889. The highest BCUT2D eigenvalue weighted by molar-refractivity contribution is 7.99. The topological polar surface area (TPSA) is 57.5 Å². The van der Waals surface area contributed by atoms with Gasteiger partial charge in [0.05, 0.1) is 11.5 Å². The molecule has 0 amide bonds. The van der Waals surface area contributed by atoms with Gasteiger partial charge in [-0.25, -0.2) is 0 Å². The van der Waals surface area contributed by atoms with Gasteiger partial charge in [0.2, 0.25) is 0 Å². The predicted molar refractivity (Wildman–Crippen MR) is 52.9 cm³/mol. The quantitative estimate of drug-likeness (QED) is 0.725. The Morgan fingerprint density at radius 1 is 1.62 bits per heavy atom. The molecule has 3 nitrogen and oxygen atoms in total. The van der Waals surface area contributed by atoms with E-state index in [0.717, 1.165) is 17.9 Å². The molecule has 1 rings (SSSR count). The van der Waals surface area contributed by atoms with Gasteiger partial charge in [-0.2, -0.15) is 11.8 Å². The minimum Gasteiger partial charge on any atom is -0.481 e. The van der Waals surface area contributed by atoms with Crippen molar-refractivity contribution in [2.45, 2.75) is 26.4 Å². The van der Waals surface area contributed by atoms with Crippen molar-refractivity contribution in [3.63, 3.8) is 0 Å². The van der Waals surface area contributed by atoms with Gasteiger partial charge >= 0.3 is 5.97 Å². The normalized spacial score (nSPS) is 25.9. The number of carbonyl (C=O) groups is 1. The molecule has 0 radical (unpaired) electrons. The number of hydrogen-bond acceptors (Lipinski definition) is 3. The van der Waals surface area contributed by atoms with Crippen molar-refractivity contribution in [3.8, 4) is 0 Å². The van der Waals surface area contributed by atoms with Crippen LogP contribution < -0.4 is 0 Å². The molecule has 2 unspecified atom stereocenters. The summed E-state index contributed by atoms with van der Waals surface area (Å²) < 4.78 is 0. The maximum absolute atomic E-state index is 10.9. The first-order valence-corrected chi connectivity index (χ1v) is 5.61. The van der Waals surface area contributed by atoms with Gasteiger partial charge in [0.25, 0.3) is 0 Å². The zero-order valence-corrected chi connectivity index (χ0v) is 8.80. The monoisotopic (exact) mass is 204 g/mol. The molecule has 0 saturated carbocycles. The number of carboxylic acids is 1. The molecule has 0 aliphatic carbocycles. The summed E-state index contributed by atoms with van der Waals surface area (Å²) in [7, 11) is 0. The Labute approximate surface area is 82.5 Å². The highest BCUT2D eigenvalue weighted by Gasteiger charge is 2.41. The second-order valence-corrected chi connectivity index (χ2v) is 5.25. The molecule has 0 aromatic rings. The van der Waals surface area contributed by atoms with Crippen molar-refractivity contribution in [1.29, 1.82) is 0 Å². The Morgan fingerprint density at radius 2 is 2.23 bits per heavy atom. The van der Waals surface area contributed by atoms with E-state index in [1.165, 1.54) is 0 Å². The van der Waals surface area contributed by atoms with Crippen LogP contribution in [-0.4, -0.2) is 33.8 Å². The molecule has 0 aromatic carbocycles. The summed E-state index contributed by atoms with van der Waals surface area (Å²) >= 11 is 1.79. The van der Waals surface area contributed by atoms with Crippen LogP contribution in [0.3, 0.4) is 0 Å². The summed E-state index contributed by atoms with van der Waals surface area (Å²) in [5.74, 6) is 1.16. The molecular weight excluding hydrogens is 188 g/mol. The van der Waals surface area contributed by atoms with E-state index in [-0.39, 0.29) is 5.92 Å². The molecular formula is C9H16O3S. The van der Waals surface area contributed by atoms with Crippen LogP contribution in [0.4, 0.5) is 0 Å². The van der Waals surface area contributed by atoms with Gasteiger partial charge in [-0.3, -0.25) is 4.79 Å². The molecule has 1 heterocycles. The summed E-state index contributed by atoms with van der Waals surface area (Å²) in [6.45, 7) is 3.17. The van der Waals surface area contributed by atoms with Crippen LogP contribution in [0.5, 0.6) is 0 Å². The van der Waals surface area contributed by atoms with Crippen molar-refractivity contribution in [1.82, 2.24) is 0 Å². The van der Waals surface area contributed by atoms with Crippen molar-refractivity contribution in [2.75, 3.05) is 11.5 Å². The molecule has 0 spiro atoms. The number of aliphatic carboxylic acids is 1. The molecule has 76 valence electrons. The fourth-order valence-electron chi connectivity index (χ4n) is 1.52. The Hall–Kier alpha value is -0.220. The first kappa shape index (κ1) is 10.9. The summed E-state index contributed by atoms with van der Waals surface area (Å²) in [6.07, 6.45) is 0.211. The van der Waals surface area contributed by atoms with Crippen LogP contribution in [0.1, 0.15) is 20.3 Å². The minimum atomic E-state index is -1.02. The average Bonchev–Trinajstić information content (AvgIpc) is 2.54. The molecule has 2 N–H and O–H groups in total. The standard InChI is InChI=1S/C9H16O3S/c1-9(2,8(11)12)7(10)6-3-4-13-5-6/h6-7,10H,3-5H2,1-2H3,(H,11,12). The molecule has 1 fully saturated rings. The molecule has 0 aromatic heterocycles. The second-order valence-electron chi connectivity index (χ2n) is 4.10. The highest BCUT2D eigenvalue weighted by Crippen LogP contribution is 2.34. The summed E-state index contributed by atoms with van der Waals surface area (Å²) in [5, 5.41) is 18.8. The zero-order chi connectivity index (χ0) is 10.1. The third-order valence-electron chi connectivity index (χ3n) is 2.70. The molecule has 1 aliphatic heterocycles. The minimum absolute atomic E-state index is 0.149. The lowest BCUT2D eigenvalue weighted by Crippen LogP contribution is -2.42. The van der Waals surface area contributed by atoms with Gasteiger partial charge in [0, 0.05) is 0 Å². The number of thioether (sulfide) groups is 1. The van der Waals surface area contributed by atoms with Crippen LogP contribution in [0.2, 0.25) is 0 Å². The number of carboxylic acid groups (broad SMARTS) is 1. The van der Waals surface area contributed by atoms with Crippen molar-refractivity contribution in [3.05, 3.63) is 0 Å². The molecule has 1 saturated heterocycles. The van der Waals surface area contributed by atoms with E-state index < -0.39 is 17.5 Å². The summed E-state index contributed by atoms with van der Waals surface area (Å²) in [4.78, 5) is 10.9. The number of hydrogen-bond donors (Lipinski definition) is 2. The smallest absolute Gasteiger partial charge is 0.311 e. The molecule has 4 heteroatoms. The lowest BCUT2D eigenvalue weighted by atomic mass is 9.79. The summed E-state index contributed by atoms with van der Waals surface area (Å²) in [6, 6.07) is 0. The van der Waals surface area contributed by atoms with Crippen molar-refractivity contribution < 1.29 is 15.0 Å². The van der Waals surface area contributed by atoms with Crippen molar-refractivity contribution >= 4 is 17.7 Å². The predicted octanol–water partition coefficient (Wildman–Crippen LogP) is 1.21. The fourth-order valence-corrected chi connectivity index (χ4v) is 2.81. The first-order valence-electron chi connectivity index (χ1n) is 4.45. The lowest BCUT2D eigenvalue weighted by Gasteiger charge is -2.29. The first-order chi connectivity index (χ1) is 5.96. The Bertz CT molecular complexity index is 197. The van der Waals surface area contributed by atoms with E-state index >= 15 is 0 Å². The maximum atomic E-state index is 10.9. The zero-order valence-electron chi connectivity index (χ0n) is 7.99. The van der Waals surface area contributed by atoms with E-state index in [2.05, 4.69) is 0 Å². The van der Waals surface area contributed by atoms with E-state index in [9.17, 15) is 9.90 Å². The van der Waals surface area contributed by atoms with E-state index in [4.69, 9.17) is 5.11 Å². The van der Waals surface area contributed by atoms with Crippen molar-refractivity contribution in [2.24, 2.45) is 11.3 Å². The van der Waals surface area contributed by atoms with Gasteiger partial charge in [0.1, 0.15) is 0 Å². The Kier molecular flexibility index (Phi) is 3.24. The Balaban J connectivity index is 2.64. The molecule has 2 atom stereocenters. The van der Waals surface area contributed by atoms with Crippen LogP contribution in [-0.2, 0) is 4.79 Å². The average molecular weight is 204 g/mol. The van der Waals surface area contributed by atoms with Crippen LogP contribution in [0, 0.1) is 11.3 Å². The Morgan fingerprint density at radius 3 is 2.62 bits per heavy atom. The summed E-state index contributed by atoms with van der Waals surface area (Å²) in [5.41, 5.74) is -1.02. The largest absolute Gasteiger partial charge is 0.481 e.